The fourth-order valence-corrected chi connectivity index (χ4v) is 2.85. The molecule has 0 bridgehead atoms. The molecule has 0 saturated heterocycles. The quantitative estimate of drug-likeness (QED) is 0.865. The molecule has 0 spiro atoms. The van der Waals surface area contributed by atoms with Crippen LogP contribution in [0.25, 0.3) is 0 Å². The van der Waals surface area contributed by atoms with Crippen LogP contribution in [0.5, 0.6) is 5.75 Å². The van der Waals surface area contributed by atoms with Gasteiger partial charge in [0.15, 0.2) is 6.61 Å². The van der Waals surface area contributed by atoms with Crippen LogP contribution in [0.15, 0.2) is 53.4 Å². The zero-order valence-electron chi connectivity index (χ0n) is 12.7. The van der Waals surface area contributed by atoms with E-state index in [1.807, 2.05) is 6.07 Å². The number of rotatable bonds is 6. The second-order valence-corrected chi connectivity index (χ2v) is 6.79. The summed E-state index contributed by atoms with van der Waals surface area (Å²) in [6.45, 7) is 1.42. The molecule has 0 aliphatic rings. The van der Waals surface area contributed by atoms with Crippen molar-refractivity contribution in [1.29, 1.82) is 0 Å². The predicted molar refractivity (Wildman–Crippen MR) is 84.9 cm³/mol. The van der Waals surface area contributed by atoms with E-state index < -0.39 is 26.4 Å². The summed E-state index contributed by atoms with van der Waals surface area (Å²) >= 11 is 0. The smallest absolute Gasteiger partial charge is 0.341 e. The van der Waals surface area contributed by atoms with Crippen molar-refractivity contribution >= 4 is 21.4 Å². The lowest BCUT2D eigenvalue weighted by Crippen LogP contribution is -2.22. The van der Waals surface area contributed by atoms with Crippen LogP contribution in [0.4, 0.5) is 14.5 Å². The molecular formula is C16H15F2NO4S. The number of carbonyl (C=O) groups is 1. The van der Waals surface area contributed by atoms with E-state index in [0.29, 0.717) is 5.75 Å². The van der Waals surface area contributed by atoms with Gasteiger partial charge in [-0.1, -0.05) is 30.3 Å². The molecule has 0 aromatic heterocycles. The number of para-hydroxylation sites is 2. The average Bonchev–Trinajstić information content (AvgIpc) is 2.54. The molecule has 1 N–H and O–H groups in total. The molecular weight excluding hydrogens is 340 g/mol. The molecule has 0 radical (unpaired) electrons. The lowest BCUT2D eigenvalue weighted by atomic mass is 10.2. The minimum Gasteiger partial charge on any atom is -0.483 e. The van der Waals surface area contributed by atoms with Crippen LogP contribution in [-0.4, -0.2) is 26.7 Å². The fourth-order valence-electron chi connectivity index (χ4n) is 1.96. The van der Waals surface area contributed by atoms with Crippen LogP contribution in [0.3, 0.4) is 0 Å². The SMILES string of the molecule is Cc1ccccc1OCC(=O)Nc1ccccc1S(=O)(=O)C(F)F. The highest BCUT2D eigenvalue weighted by Gasteiger charge is 2.29. The normalized spacial score (nSPS) is 11.3. The Kier molecular flexibility index (Phi) is 5.50. The highest BCUT2D eigenvalue weighted by atomic mass is 32.2. The Morgan fingerprint density at radius 2 is 1.75 bits per heavy atom. The van der Waals surface area contributed by atoms with E-state index in [1.54, 1.807) is 25.1 Å². The summed E-state index contributed by atoms with van der Waals surface area (Å²) in [4.78, 5) is 11.3. The van der Waals surface area contributed by atoms with Crippen LogP contribution < -0.4 is 10.1 Å². The van der Waals surface area contributed by atoms with E-state index in [4.69, 9.17) is 4.74 Å². The van der Waals surface area contributed by atoms with Crippen molar-refractivity contribution in [3.05, 3.63) is 54.1 Å². The van der Waals surface area contributed by atoms with Gasteiger partial charge < -0.3 is 10.1 Å². The first-order chi connectivity index (χ1) is 11.3. The number of halogens is 2. The highest BCUT2D eigenvalue weighted by Crippen LogP contribution is 2.26. The third kappa shape index (κ3) is 4.08. The molecule has 128 valence electrons. The number of amides is 1. The number of nitrogens with one attached hydrogen (secondary N) is 1. The third-order valence-corrected chi connectivity index (χ3v) is 4.59. The van der Waals surface area contributed by atoms with Gasteiger partial charge in [0.1, 0.15) is 5.75 Å². The molecule has 2 aromatic carbocycles. The van der Waals surface area contributed by atoms with Crippen LogP contribution in [0.1, 0.15) is 5.56 Å². The van der Waals surface area contributed by atoms with Gasteiger partial charge >= 0.3 is 5.76 Å². The summed E-state index contributed by atoms with van der Waals surface area (Å²) in [6, 6.07) is 12.0. The summed E-state index contributed by atoms with van der Waals surface area (Å²) in [6.07, 6.45) is 0. The van der Waals surface area contributed by atoms with E-state index in [-0.39, 0.29) is 12.3 Å². The van der Waals surface area contributed by atoms with E-state index in [0.717, 1.165) is 11.6 Å². The Hall–Kier alpha value is -2.48. The van der Waals surface area contributed by atoms with Crippen molar-refractivity contribution in [2.45, 2.75) is 17.6 Å². The molecule has 0 fully saturated rings. The van der Waals surface area contributed by atoms with Crippen LogP contribution >= 0.6 is 0 Å². The average molecular weight is 355 g/mol. The van der Waals surface area contributed by atoms with Gasteiger partial charge in [-0.3, -0.25) is 4.79 Å². The topological polar surface area (TPSA) is 72.5 Å². The van der Waals surface area contributed by atoms with Gasteiger partial charge in [-0.15, -0.1) is 0 Å². The summed E-state index contributed by atoms with van der Waals surface area (Å²) in [5, 5.41) is 2.28. The maximum Gasteiger partial charge on any atom is 0.341 e. The first-order valence-corrected chi connectivity index (χ1v) is 8.46. The minimum atomic E-state index is -4.82. The first-order valence-electron chi connectivity index (χ1n) is 6.91. The number of ether oxygens (including phenoxy) is 1. The van der Waals surface area contributed by atoms with Crippen molar-refractivity contribution in [3.8, 4) is 5.75 Å². The maximum absolute atomic E-state index is 12.7. The minimum absolute atomic E-state index is 0.212. The number of alkyl halides is 2. The number of aryl methyl sites for hydroxylation is 1. The molecule has 2 aromatic rings. The molecule has 0 aliphatic carbocycles. The largest absolute Gasteiger partial charge is 0.483 e. The first kappa shape index (κ1) is 17.9. The fraction of sp³-hybridized carbons (Fsp3) is 0.188. The lowest BCUT2D eigenvalue weighted by Gasteiger charge is -2.12. The van der Waals surface area contributed by atoms with Gasteiger partial charge in [0.05, 0.1) is 10.6 Å². The number of carbonyl (C=O) groups excluding carboxylic acids is 1. The maximum atomic E-state index is 12.7. The van der Waals surface area contributed by atoms with Gasteiger partial charge in [-0.2, -0.15) is 8.78 Å². The molecule has 0 heterocycles. The van der Waals surface area contributed by atoms with Crippen molar-refractivity contribution in [2.24, 2.45) is 0 Å². The van der Waals surface area contributed by atoms with E-state index in [1.165, 1.54) is 18.2 Å². The zero-order chi connectivity index (χ0) is 17.7. The van der Waals surface area contributed by atoms with Gasteiger partial charge in [0.25, 0.3) is 5.91 Å². The van der Waals surface area contributed by atoms with Crippen molar-refractivity contribution < 1.29 is 26.7 Å². The van der Waals surface area contributed by atoms with Gasteiger partial charge in [0, 0.05) is 0 Å². The number of benzene rings is 2. The third-order valence-electron chi connectivity index (χ3n) is 3.15. The standard InChI is InChI=1S/C16H15F2NO4S/c1-11-6-2-4-8-13(11)23-10-15(20)19-12-7-3-5-9-14(12)24(21,22)16(17)18/h2-9,16H,10H2,1H3,(H,19,20). The highest BCUT2D eigenvalue weighted by molar-refractivity contribution is 7.91. The van der Waals surface area contributed by atoms with Crippen LogP contribution in [-0.2, 0) is 14.6 Å². The molecule has 0 aliphatic heterocycles. The van der Waals surface area contributed by atoms with Gasteiger partial charge in [-0.05, 0) is 30.7 Å². The van der Waals surface area contributed by atoms with E-state index in [9.17, 15) is 22.0 Å². The molecule has 0 saturated carbocycles. The van der Waals surface area contributed by atoms with Gasteiger partial charge in [0.2, 0.25) is 9.84 Å². The van der Waals surface area contributed by atoms with Gasteiger partial charge in [-0.25, -0.2) is 8.42 Å². The monoisotopic (exact) mass is 355 g/mol. The molecule has 1 amide bonds. The number of hydrogen-bond acceptors (Lipinski definition) is 4. The van der Waals surface area contributed by atoms with Crippen molar-refractivity contribution in [2.75, 3.05) is 11.9 Å². The number of hydrogen-bond donors (Lipinski definition) is 1. The predicted octanol–water partition coefficient (Wildman–Crippen LogP) is 3.01. The Bertz CT molecular complexity index is 837. The summed E-state index contributed by atoms with van der Waals surface area (Å²) in [7, 11) is -4.82. The lowest BCUT2D eigenvalue weighted by molar-refractivity contribution is -0.118. The van der Waals surface area contributed by atoms with Crippen LogP contribution in [0.2, 0.25) is 0 Å². The summed E-state index contributed by atoms with van der Waals surface area (Å²) in [5.74, 6) is -3.73. The van der Waals surface area contributed by atoms with Crippen molar-refractivity contribution in [1.82, 2.24) is 0 Å². The second-order valence-electron chi connectivity index (χ2n) is 4.90. The number of anilines is 1. The van der Waals surface area contributed by atoms with Crippen molar-refractivity contribution in [3.63, 3.8) is 0 Å². The Labute approximate surface area is 138 Å². The second kappa shape index (κ2) is 7.39. The Balaban J connectivity index is 2.12. The molecule has 0 unspecified atom stereocenters. The van der Waals surface area contributed by atoms with E-state index in [2.05, 4.69) is 5.32 Å². The van der Waals surface area contributed by atoms with E-state index >= 15 is 0 Å². The Morgan fingerprint density at radius 3 is 2.42 bits per heavy atom. The molecule has 0 atom stereocenters. The molecule has 2 rings (SSSR count). The molecule has 24 heavy (non-hydrogen) atoms. The summed E-state index contributed by atoms with van der Waals surface area (Å²) < 4.78 is 54.0. The molecule has 5 nitrogen and oxygen atoms in total. The Morgan fingerprint density at radius 1 is 1.12 bits per heavy atom. The summed E-state index contributed by atoms with van der Waals surface area (Å²) in [5.41, 5.74) is 0.613. The zero-order valence-corrected chi connectivity index (χ0v) is 13.5. The number of sulfone groups is 1. The molecule has 8 heteroatoms. The van der Waals surface area contributed by atoms with Crippen LogP contribution in [0, 0.1) is 6.92 Å².